The first-order chi connectivity index (χ1) is 12.2. The molecule has 0 unspecified atom stereocenters. The van der Waals surface area contributed by atoms with Gasteiger partial charge in [0.2, 0.25) is 10.0 Å². The Morgan fingerprint density at radius 1 is 1.12 bits per heavy atom. The van der Waals surface area contributed by atoms with Gasteiger partial charge in [-0.25, -0.2) is 13.4 Å². The van der Waals surface area contributed by atoms with Gasteiger partial charge in [0.15, 0.2) is 5.13 Å². The van der Waals surface area contributed by atoms with Crippen molar-refractivity contribution in [2.45, 2.75) is 11.1 Å². The number of thiazole rings is 1. The molecule has 26 heavy (non-hydrogen) atoms. The Bertz CT molecular complexity index is 858. The van der Waals surface area contributed by atoms with Crippen LogP contribution >= 0.6 is 11.3 Å². The van der Waals surface area contributed by atoms with Crippen molar-refractivity contribution in [3.8, 4) is 5.75 Å². The van der Waals surface area contributed by atoms with Gasteiger partial charge in [-0.3, -0.25) is 0 Å². The minimum absolute atomic E-state index is 0.153. The van der Waals surface area contributed by atoms with Gasteiger partial charge in [0.1, 0.15) is 10.6 Å². The lowest BCUT2D eigenvalue weighted by Gasteiger charge is -2.33. The summed E-state index contributed by atoms with van der Waals surface area (Å²) in [6, 6.07) is 6.07. The van der Waals surface area contributed by atoms with Gasteiger partial charge in [-0.15, -0.1) is 0 Å². The van der Waals surface area contributed by atoms with Gasteiger partial charge in [-0.1, -0.05) is 11.3 Å². The van der Waals surface area contributed by atoms with Gasteiger partial charge in [0.05, 0.1) is 18.2 Å². The Balaban J connectivity index is 1.68. The number of benzene rings is 1. The number of piperazine rings is 1. The zero-order valence-corrected chi connectivity index (χ0v) is 15.4. The maximum absolute atomic E-state index is 12.7. The second kappa shape index (κ2) is 7.05. The summed E-state index contributed by atoms with van der Waals surface area (Å²) in [7, 11) is -2.16. The molecule has 0 atom stereocenters. The smallest absolute Gasteiger partial charge is 0.427 e. The van der Waals surface area contributed by atoms with Gasteiger partial charge in [0, 0.05) is 26.2 Å². The summed E-state index contributed by atoms with van der Waals surface area (Å²) in [5.74, 6) is 0.554. The van der Waals surface area contributed by atoms with E-state index in [2.05, 4.69) is 4.98 Å². The molecule has 1 fully saturated rings. The Kier molecular flexibility index (Phi) is 5.13. The minimum atomic E-state index is -4.42. The summed E-state index contributed by atoms with van der Waals surface area (Å²) >= 11 is 0.563. The summed E-state index contributed by atoms with van der Waals surface area (Å²) in [6.07, 6.45) is -3.62. The number of anilines is 1. The lowest BCUT2D eigenvalue weighted by atomic mass is 10.3. The summed E-state index contributed by atoms with van der Waals surface area (Å²) in [5, 5.41) is 0.249. The predicted octanol–water partition coefficient (Wildman–Crippen LogP) is 2.68. The average Bonchev–Trinajstić information content (AvgIpc) is 3.12. The predicted molar refractivity (Wildman–Crippen MR) is 91.1 cm³/mol. The lowest BCUT2D eigenvalue weighted by Crippen LogP contribution is -2.48. The second-order valence-electron chi connectivity index (χ2n) is 5.57. The van der Waals surface area contributed by atoms with Gasteiger partial charge in [0.25, 0.3) is 0 Å². The highest BCUT2D eigenvalue weighted by Crippen LogP contribution is 2.36. The van der Waals surface area contributed by atoms with Crippen molar-refractivity contribution in [3.05, 3.63) is 35.3 Å². The first-order valence-corrected chi connectivity index (χ1v) is 9.89. The van der Waals surface area contributed by atoms with E-state index in [1.165, 1.54) is 23.5 Å². The Labute approximate surface area is 152 Å². The first-order valence-electron chi connectivity index (χ1n) is 7.64. The van der Waals surface area contributed by atoms with Gasteiger partial charge >= 0.3 is 6.18 Å². The van der Waals surface area contributed by atoms with Crippen molar-refractivity contribution in [3.63, 3.8) is 0 Å². The van der Waals surface area contributed by atoms with Crippen LogP contribution in [0.15, 0.2) is 35.4 Å². The van der Waals surface area contributed by atoms with Gasteiger partial charge in [-0.05, 0) is 24.3 Å². The molecular weight excluding hydrogens is 391 g/mol. The van der Waals surface area contributed by atoms with E-state index in [0.29, 0.717) is 17.1 Å². The molecule has 0 bridgehead atoms. The monoisotopic (exact) mass is 407 g/mol. The molecule has 1 aromatic carbocycles. The summed E-state index contributed by atoms with van der Waals surface area (Å²) < 4.78 is 69.7. The topological polar surface area (TPSA) is 62.7 Å². The fraction of sp³-hybridized carbons (Fsp3) is 0.400. The number of nitrogens with zero attached hydrogens (tertiary/aromatic N) is 3. The molecule has 3 rings (SSSR count). The SMILES string of the molecule is COc1ccc(S(=O)(=O)N2CCN(c3ncc(C(F)(F)F)s3)CC2)cc1. The quantitative estimate of drug-likeness (QED) is 0.780. The van der Waals surface area contributed by atoms with Crippen LogP contribution in [0.3, 0.4) is 0 Å². The van der Waals surface area contributed by atoms with Crippen LogP contribution in [-0.2, 0) is 16.2 Å². The van der Waals surface area contributed by atoms with E-state index in [1.807, 2.05) is 0 Å². The van der Waals surface area contributed by atoms with Crippen LogP contribution in [0.4, 0.5) is 18.3 Å². The van der Waals surface area contributed by atoms with Crippen LogP contribution in [0.5, 0.6) is 5.75 Å². The Morgan fingerprint density at radius 3 is 2.23 bits per heavy atom. The summed E-state index contributed by atoms with van der Waals surface area (Å²) in [6.45, 7) is 0.908. The minimum Gasteiger partial charge on any atom is -0.497 e. The van der Waals surface area contributed by atoms with Crippen LogP contribution in [-0.4, -0.2) is 51.0 Å². The van der Waals surface area contributed by atoms with Crippen molar-refractivity contribution < 1.29 is 26.3 Å². The van der Waals surface area contributed by atoms with E-state index in [1.54, 1.807) is 17.0 Å². The summed E-state index contributed by atoms with van der Waals surface area (Å²) in [5.41, 5.74) is 0. The molecule has 0 spiro atoms. The van der Waals surface area contributed by atoms with Gasteiger partial charge in [-0.2, -0.15) is 17.5 Å². The molecule has 2 aromatic rings. The van der Waals surface area contributed by atoms with E-state index in [-0.39, 0.29) is 36.2 Å². The third kappa shape index (κ3) is 3.79. The van der Waals surface area contributed by atoms with E-state index in [0.717, 1.165) is 6.20 Å². The van der Waals surface area contributed by atoms with E-state index >= 15 is 0 Å². The zero-order valence-electron chi connectivity index (χ0n) is 13.7. The molecule has 1 aliphatic heterocycles. The van der Waals surface area contributed by atoms with E-state index in [9.17, 15) is 21.6 Å². The molecule has 1 aromatic heterocycles. The molecule has 1 saturated heterocycles. The fourth-order valence-electron chi connectivity index (χ4n) is 2.56. The third-order valence-corrected chi connectivity index (χ3v) is 7.00. The fourth-order valence-corrected chi connectivity index (χ4v) is 4.82. The van der Waals surface area contributed by atoms with E-state index < -0.39 is 21.1 Å². The number of ether oxygens (including phenoxy) is 1. The molecule has 142 valence electrons. The molecule has 0 aliphatic carbocycles. The molecule has 0 radical (unpaired) electrons. The molecule has 11 heteroatoms. The first kappa shape index (κ1) is 18.9. The zero-order chi connectivity index (χ0) is 18.9. The van der Waals surface area contributed by atoms with Gasteiger partial charge < -0.3 is 9.64 Å². The number of aromatic nitrogens is 1. The number of methoxy groups -OCH3 is 1. The molecule has 0 N–H and O–H groups in total. The normalized spacial score (nSPS) is 16.7. The number of sulfonamides is 1. The highest BCUT2D eigenvalue weighted by molar-refractivity contribution is 7.89. The maximum Gasteiger partial charge on any atom is 0.427 e. The molecule has 2 heterocycles. The van der Waals surface area contributed by atoms with Crippen molar-refractivity contribution >= 4 is 26.5 Å². The van der Waals surface area contributed by atoms with Crippen LogP contribution in [0, 0.1) is 0 Å². The summed E-state index contributed by atoms with van der Waals surface area (Å²) in [4.78, 5) is 4.87. The van der Waals surface area contributed by atoms with Crippen molar-refractivity contribution in [2.24, 2.45) is 0 Å². The number of hydrogen-bond donors (Lipinski definition) is 0. The number of alkyl halides is 3. The van der Waals surface area contributed by atoms with Crippen molar-refractivity contribution in [1.82, 2.24) is 9.29 Å². The van der Waals surface area contributed by atoms with Crippen molar-refractivity contribution in [2.75, 3.05) is 38.2 Å². The largest absolute Gasteiger partial charge is 0.497 e. The molecule has 0 saturated carbocycles. The average molecular weight is 407 g/mol. The van der Waals surface area contributed by atoms with Crippen LogP contribution in [0.2, 0.25) is 0 Å². The highest BCUT2D eigenvalue weighted by Gasteiger charge is 2.35. The number of hydrogen-bond acceptors (Lipinski definition) is 6. The Morgan fingerprint density at radius 2 is 1.73 bits per heavy atom. The Hall–Kier alpha value is -1.85. The third-order valence-electron chi connectivity index (χ3n) is 3.98. The number of halogens is 3. The van der Waals surface area contributed by atoms with Crippen LogP contribution < -0.4 is 9.64 Å². The van der Waals surface area contributed by atoms with Crippen LogP contribution in [0.1, 0.15) is 4.88 Å². The number of rotatable bonds is 4. The van der Waals surface area contributed by atoms with E-state index in [4.69, 9.17) is 4.74 Å². The maximum atomic E-state index is 12.7. The lowest BCUT2D eigenvalue weighted by molar-refractivity contribution is -0.134. The van der Waals surface area contributed by atoms with Crippen molar-refractivity contribution in [1.29, 1.82) is 0 Å². The molecule has 1 aliphatic rings. The molecular formula is C15H16F3N3O3S2. The molecule has 6 nitrogen and oxygen atoms in total. The highest BCUT2D eigenvalue weighted by atomic mass is 32.2. The second-order valence-corrected chi connectivity index (χ2v) is 8.52. The standard InChI is InChI=1S/C15H16F3N3O3S2/c1-24-11-2-4-12(5-3-11)26(22,23)21-8-6-20(7-9-21)14-19-10-13(25-14)15(16,17)18/h2-5,10H,6-9H2,1H3. The molecule has 0 amide bonds. The van der Waals surface area contributed by atoms with Crippen LogP contribution in [0.25, 0.3) is 0 Å².